The number of carbonyl (C=O) groups excluding carboxylic acids is 1. The highest BCUT2D eigenvalue weighted by Gasteiger charge is 2.27. The van der Waals surface area contributed by atoms with Gasteiger partial charge >= 0.3 is 5.97 Å². The fourth-order valence-corrected chi connectivity index (χ4v) is 2.21. The molecule has 0 saturated carbocycles. The first-order valence-corrected chi connectivity index (χ1v) is 5.66. The molecule has 1 heterocycles. The van der Waals surface area contributed by atoms with Crippen LogP contribution in [-0.4, -0.2) is 23.5 Å². The van der Waals surface area contributed by atoms with Crippen molar-refractivity contribution >= 4 is 17.6 Å². The Morgan fingerprint density at radius 3 is 2.59 bits per heavy atom. The smallest absolute Gasteiger partial charge is 0.337 e. The normalized spacial score (nSPS) is 15.4. The van der Waals surface area contributed by atoms with Gasteiger partial charge in [0.1, 0.15) is 0 Å². The molecular weight excluding hydrogens is 218 g/mol. The molecule has 0 aromatic heterocycles. The summed E-state index contributed by atoms with van der Waals surface area (Å²) in [4.78, 5) is 24.6. The molecule has 90 valence electrons. The molecule has 1 aliphatic rings. The highest BCUT2D eigenvalue weighted by Crippen LogP contribution is 2.31. The van der Waals surface area contributed by atoms with Gasteiger partial charge in [-0.1, -0.05) is 6.07 Å². The number of anilines is 1. The molecule has 0 aliphatic carbocycles. The molecule has 1 N–H and O–H groups in total. The van der Waals surface area contributed by atoms with Crippen LogP contribution in [0.25, 0.3) is 0 Å². The van der Waals surface area contributed by atoms with E-state index < -0.39 is 5.97 Å². The van der Waals surface area contributed by atoms with Gasteiger partial charge in [0, 0.05) is 13.0 Å². The van der Waals surface area contributed by atoms with Crippen LogP contribution in [0.15, 0.2) is 12.1 Å². The van der Waals surface area contributed by atoms with E-state index in [1.54, 1.807) is 17.0 Å². The summed E-state index contributed by atoms with van der Waals surface area (Å²) in [7, 11) is 0. The molecule has 4 heteroatoms. The summed E-state index contributed by atoms with van der Waals surface area (Å²) in [5, 5.41) is 9.19. The Hall–Kier alpha value is -1.84. The molecule has 1 aliphatic heterocycles. The summed E-state index contributed by atoms with van der Waals surface area (Å²) in [6, 6.07) is 3.36. The molecular formula is C13H15NO3. The van der Waals surface area contributed by atoms with Crippen molar-refractivity contribution in [2.75, 3.05) is 11.4 Å². The summed E-state index contributed by atoms with van der Waals surface area (Å²) in [5.74, 6) is -0.969. The van der Waals surface area contributed by atoms with Gasteiger partial charge in [-0.05, 0) is 37.5 Å². The van der Waals surface area contributed by atoms with Crippen molar-refractivity contribution in [3.05, 3.63) is 28.8 Å². The van der Waals surface area contributed by atoms with Crippen LogP contribution in [0.1, 0.15) is 34.3 Å². The Morgan fingerprint density at radius 1 is 1.35 bits per heavy atom. The van der Waals surface area contributed by atoms with Gasteiger partial charge in [0.2, 0.25) is 5.91 Å². The third-order valence-corrected chi connectivity index (χ3v) is 3.28. The average Bonchev–Trinajstić information content (AvgIpc) is 2.68. The van der Waals surface area contributed by atoms with Crippen molar-refractivity contribution in [3.8, 4) is 0 Å². The Morgan fingerprint density at radius 2 is 2.06 bits per heavy atom. The minimum absolute atomic E-state index is 0.0150. The maximum atomic E-state index is 11.7. The van der Waals surface area contributed by atoms with Gasteiger partial charge < -0.3 is 10.0 Å². The van der Waals surface area contributed by atoms with E-state index in [1.165, 1.54) is 0 Å². The predicted molar refractivity (Wildman–Crippen MR) is 64.5 cm³/mol. The molecule has 0 atom stereocenters. The third kappa shape index (κ3) is 1.90. The molecule has 1 fully saturated rings. The lowest BCUT2D eigenvalue weighted by Crippen LogP contribution is -2.27. The lowest BCUT2D eigenvalue weighted by molar-refractivity contribution is -0.117. The number of rotatable bonds is 2. The predicted octanol–water partition coefficient (Wildman–Crippen LogP) is 2.13. The first kappa shape index (κ1) is 11.6. The molecule has 4 nitrogen and oxygen atoms in total. The number of carboxylic acids is 1. The molecule has 0 unspecified atom stereocenters. The van der Waals surface area contributed by atoms with Crippen molar-refractivity contribution in [1.29, 1.82) is 0 Å². The number of benzene rings is 1. The highest BCUT2D eigenvalue weighted by molar-refractivity contribution is 6.04. The zero-order valence-electron chi connectivity index (χ0n) is 9.99. The fraction of sp³-hybridized carbons (Fsp3) is 0.385. The summed E-state index contributed by atoms with van der Waals surface area (Å²) >= 11 is 0. The van der Waals surface area contributed by atoms with E-state index in [2.05, 4.69) is 0 Å². The van der Waals surface area contributed by atoms with Gasteiger partial charge in [-0.3, -0.25) is 4.79 Å². The van der Waals surface area contributed by atoms with Crippen LogP contribution in [0.5, 0.6) is 0 Å². The van der Waals surface area contributed by atoms with E-state index in [0.717, 1.165) is 17.5 Å². The maximum absolute atomic E-state index is 11.7. The van der Waals surface area contributed by atoms with E-state index in [0.29, 0.717) is 18.7 Å². The molecule has 2 rings (SSSR count). The molecule has 1 aromatic carbocycles. The van der Waals surface area contributed by atoms with Crippen LogP contribution in [0, 0.1) is 13.8 Å². The standard InChI is InChI=1S/C13H15NO3/c1-8-5-6-10(13(16)17)12(9(8)2)14-7-3-4-11(14)15/h5-6H,3-4,7H2,1-2H3,(H,16,17). The second kappa shape index (κ2) is 4.20. The van der Waals surface area contributed by atoms with Gasteiger partial charge in [0.05, 0.1) is 11.3 Å². The largest absolute Gasteiger partial charge is 0.478 e. The van der Waals surface area contributed by atoms with E-state index in [9.17, 15) is 14.7 Å². The van der Waals surface area contributed by atoms with Gasteiger partial charge in [0.25, 0.3) is 0 Å². The minimum Gasteiger partial charge on any atom is -0.478 e. The van der Waals surface area contributed by atoms with Crippen LogP contribution in [0.2, 0.25) is 0 Å². The Bertz CT molecular complexity index is 494. The average molecular weight is 233 g/mol. The zero-order valence-corrected chi connectivity index (χ0v) is 9.99. The van der Waals surface area contributed by atoms with Crippen LogP contribution < -0.4 is 4.90 Å². The summed E-state index contributed by atoms with van der Waals surface area (Å²) < 4.78 is 0. The van der Waals surface area contributed by atoms with Gasteiger partial charge in [-0.2, -0.15) is 0 Å². The monoisotopic (exact) mass is 233 g/mol. The number of amides is 1. The van der Waals surface area contributed by atoms with Crippen molar-refractivity contribution < 1.29 is 14.7 Å². The fourth-order valence-electron chi connectivity index (χ4n) is 2.21. The number of nitrogens with zero attached hydrogens (tertiary/aromatic N) is 1. The summed E-state index contributed by atoms with van der Waals surface area (Å²) in [6.45, 7) is 4.40. The lowest BCUT2D eigenvalue weighted by atomic mass is 10.0. The second-order valence-corrected chi connectivity index (χ2v) is 4.36. The van der Waals surface area contributed by atoms with Crippen molar-refractivity contribution in [2.45, 2.75) is 26.7 Å². The SMILES string of the molecule is Cc1ccc(C(=O)O)c(N2CCCC2=O)c1C. The van der Waals surface area contributed by atoms with Crippen molar-refractivity contribution in [2.24, 2.45) is 0 Å². The third-order valence-electron chi connectivity index (χ3n) is 3.28. The number of carboxylic acid groups (broad SMARTS) is 1. The van der Waals surface area contributed by atoms with Crippen LogP contribution in [-0.2, 0) is 4.79 Å². The number of aryl methyl sites for hydroxylation is 1. The highest BCUT2D eigenvalue weighted by atomic mass is 16.4. The molecule has 0 radical (unpaired) electrons. The molecule has 0 bridgehead atoms. The van der Waals surface area contributed by atoms with Gasteiger partial charge in [0.15, 0.2) is 0 Å². The zero-order chi connectivity index (χ0) is 12.6. The van der Waals surface area contributed by atoms with Crippen molar-refractivity contribution in [3.63, 3.8) is 0 Å². The summed E-state index contributed by atoms with van der Waals surface area (Å²) in [6.07, 6.45) is 1.30. The Labute approximate surface area is 99.9 Å². The topological polar surface area (TPSA) is 57.6 Å². The van der Waals surface area contributed by atoms with Gasteiger partial charge in [-0.25, -0.2) is 4.79 Å². The quantitative estimate of drug-likeness (QED) is 0.851. The van der Waals surface area contributed by atoms with E-state index >= 15 is 0 Å². The van der Waals surface area contributed by atoms with E-state index in [1.807, 2.05) is 13.8 Å². The number of hydrogen-bond acceptors (Lipinski definition) is 2. The maximum Gasteiger partial charge on any atom is 0.337 e. The van der Waals surface area contributed by atoms with Crippen LogP contribution >= 0.6 is 0 Å². The summed E-state index contributed by atoms with van der Waals surface area (Å²) in [5.41, 5.74) is 2.66. The van der Waals surface area contributed by atoms with Crippen molar-refractivity contribution in [1.82, 2.24) is 0 Å². The first-order chi connectivity index (χ1) is 8.02. The molecule has 0 spiro atoms. The Kier molecular flexibility index (Phi) is 2.88. The second-order valence-electron chi connectivity index (χ2n) is 4.36. The number of aromatic carboxylic acids is 1. The Balaban J connectivity index is 2.60. The van der Waals surface area contributed by atoms with E-state index in [4.69, 9.17) is 0 Å². The molecule has 1 saturated heterocycles. The minimum atomic E-state index is -0.984. The molecule has 1 amide bonds. The van der Waals surface area contributed by atoms with Crippen LogP contribution in [0.3, 0.4) is 0 Å². The van der Waals surface area contributed by atoms with Gasteiger partial charge in [-0.15, -0.1) is 0 Å². The lowest BCUT2D eigenvalue weighted by Gasteiger charge is -2.21. The molecule has 1 aromatic rings. The first-order valence-electron chi connectivity index (χ1n) is 5.66. The molecule has 17 heavy (non-hydrogen) atoms. The van der Waals surface area contributed by atoms with E-state index in [-0.39, 0.29) is 11.5 Å². The number of hydrogen-bond donors (Lipinski definition) is 1. The van der Waals surface area contributed by atoms with Crippen LogP contribution in [0.4, 0.5) is 5.69 Å². The number of carbonyl (C=O) groups is 2.